The van der Waals surface area contributed by atoms with Crippen LogP contribution in [0.15, 0.2) is 24.3 Å². The van der Waals surface area contributed by atoms with Gasteiger partial charge in [-0.25, -0.2) is 0 Å². The smallest absolute Gasteiger partial charge is 0.307 e. The van der Waals surface area contributed by atoms with Gasteiger partial charge in [0.1, 0.15) is 0 Å². The summed E-state index contributed by atoms with van der Waals surface area (Å²) in [5, 5.41) is 8.70. The molecule has 0 amide bonds. The van der Waals surface area contributed by atoms with Gasteiger partial charge in [-0.1, -0.05) is 36.8 Å². The summed E-state index contributed by atoms with van der Waals surface area (Å²) in [5.41, 5.74) is 2.15. The summed E-state index contributed by atoms with van der Waals surface area (Å²) in [4.78, 5) is 10.6. The number of rotatable bonds is 5. The van der Waals surface area contributed by atoms with Crippen molar-refractivity contribution in [3.63, 3.8) is 0 Å². The number of aliphatic carboxylic acids is 1. The second-order valence-electron chi connectivity index (χ2n) is 3.98. The Morgan fingerprint density at radius 2 is 1.94 bits per heavy atom. The Bertz CT molecular complexity index is 384. The van der Waals surface area contributed by atoms with Crippen LogP contribution in [0, 0.1) is 12.8 Å². The van der Waals surface area contributed by atoms with Gasteiger partial charge < -0.3 is 5.11 Å². The van der Waals surface area contributed by atoms with Gasteiger partial charge in [-0.15, -0.1) is 0 Å². The van der Waals surface area contributed by atoms with Crippen LogP contribution in [0.4, 0.5) is 0 Å². The first kappa shape index (κ1) is 12.9. The second-order valence-corrected chi connectivity index (χ2v) is 5.48. The molecule has 0 bridgehead atoms. The lowest BCUT2D eigenvalue weighted by atomic mass is 10.2. The van der Waals surface area contributed by atoms with Crippen LogP contribution in [-0.4, -0.2) is 21.0 Å². The Kier molecular flexibility index (Phi) is 4.68. The van der Waals surface area contributed by atoms with Crippen molar-refractivity contribution in [3.8, 4) is 0 Å². The number of carbonyl (C=O) groups is 1. The molecule has 3 nitrogen and oxygen atoms in total. The third-order valence-electron chi connectivity index (χ3n) is 2.31. The molecule has 1 rings (SSSR count). The van der Waals surface area contributed by atoms with Crippen LogP contribution in [0.5, 0.6) is 0 Å². The summed E-state index contributed by atoms with van der Waals surface area (Å²) >= 11 is 0. The number of hydrogen-bond acceptors (Lipinski definition) is 2. The molecular formula is C12H16O3S. The molecule has 0 aliphatic carbocycles. The summed E-state index contributed by atoms with van der Waals surface area (Å²) in [6, 6.07) is 7.79. The summed E-state index contributed by atoms with van der Waals surface area (Å²) in [6.07, 6.45) is 0. The van der Waals surface area contributed by atoms with Crippen molar-refractivity contribution in [1.29, 1.82) is 0 Å². The van der Waals surface area contributed by atoms with Gasteiger partial charge in [0, 0.05) is 22.3 Å². The predicted octanol–water partition coefficient (Wildman–Crippen LogP) is 1.96. The lowest BCUT2D eigenvalue weighted by Gasteiger charge is -2.06. The third kappa shape index (κ3) is 4.14. The molecule has 0 radical (unpaired) electrons. The van der Waals surface area contributed by atoms with Crippen molar-refractivity contribution in [2.75, 3.05) is 5.75 Å². The Balaban J connectivity index is 2.52. The second kappa shape index (κ2) is 5.80. The summed E-state index contributed by atoms with van der Waals surface area (Å²) < 4.78 is 11.7. The maximum atomic E-state index is 11.7. The maximum Gasteiger partial charge on any atom is 0.307 e. The normalized spacial score (nSPS) is 14.4. The van der Waals surface area contributed by atoms with E-state index in [1.54, 1.807) is 6.92 Å². The highest BCUT2D eigenvalue weighted by Crippen LogP contribution is 2.08. The SMILES string of the molecule is Cc1ccc(CS(=O)CC(C)C(=O)O)cc1. The molecule has 1 aromatic carbocycles. The number of aryl methyl sites for hydroxylation is 1. The van der Waals surface area contributed by atoms with Crippen LogP contribution in [-0.2, 0) is 21.3 Å². The van der Waals surface area contributed by atoms with E-state index in [1.807, 2.05) is 31.2 Å². The van der Waals surface area contributed by atoms with Crippen LogP contribution in [0.3, 0.4) is 0 Å². The van der Waals surface area contributed by atoms with Crippen molar-refractivity contribution >= 4 is 16.8 Å². The molecule has 4 heteroatoms. The van der Waals surface area contributed by atoms with Gasteiger partial charge in [-0.05, 0) is 12.5 Å². The van der Waals surface area contributed by atoms with Gasteiger partial charge in [0.25, 0.3) is 0 Å². The molecule has 0 saturated carbocycles. The number of carboxylic acid groups (broad SMARTS) is 1. The molecule has 0 aliphatic rings. The third-order valence-corrected chi connectivity index (χ3v) is 3.83. The van der Waals surface area contributed by atoms with Crippen LogP contribution in [0.25, 0.3) is 0 Å². The highest BCUT2D eigenvalue weighted by atomic mass is 32.2. The zero-order valence-electron chi connectivity index (χ0n) is 9.47. The molecule has 1 N–H and O–H groups in total. The van der Waals surface area contributed by atoms with E-state index < -0.39 is 22.7 Å². The molecule has 16 heavy (non-hydrogen) atoms. The highest BCUT2D eigenvalue weighted by Gasteiger charge is 2.14. The standard InChI is InChI=1S/C12H16O3S/c1-9-3-5-11(6-4-9)8-16(15)7-10(2)12(13)14/h3-6,10H,7-8H2,1-2H3,(H,13,14). The monoisotopic (exact) mass is 240 g/mol. The molecule has 2 unspecified atom stereocenters. The number of carboxylic acids is 1. The Labute approximate surface area is 98.0 Å². The summed E-state index contributed by atoms with van der Waals surface area (Å²) in [7, 11) is -1.11. The summed E-state index contributed by atoms with van der Waals surface area (Å²) in [5.74, 6) is -0.801. The summed E-state index contributed by atoms with van der Waals surface area (Å²) in [6.45, 7) is 3.57. The lowest BCUT2D eigenvalue weighted by molar-refractivity contribution is -0.140. The van der Waals surface area contributed by atoms with Gasteiger partial charge in [-0.3, -0.25) is 9.00 Å². The fraction of sp³-hybridized carbons (Fsp3) is 0.417. The van der Waals surface area contributed by atoms with Gasteiger partial charge in [0.15, 0.2) is 0 Å². The van der Waals surface area contributed by atoms with Crippen molar-refractivity contribution in [2.45, 2.75) is 19.6 Å². The van der Waals surface area contributed by atoms with Gasteiger partial charge in [0.05, 0.1) is 5.92 Å². The fourth-order valence-electron chi connectivity index (χ4n) is 1.28. The van der Waals surface area contributed by atoms with E-state index in [4.69, 9.17) is 5.11 Å². The first-order chi connectivity index (χ1) is 7.49. The van der Waals surface area contributed by atoms with Gasteiger partial charge in [0.2, 0.25) is 0 Å². The number of hydrogen-bond donors (Lipinski definition) is 1. The van der Waals surface area contributed by atoms with E-state index in [1.165, 1.54) is 0 Å². The van der Waals surface area contributed by atoms with Crippen molar-refractivity contribution < 1.29 is 14.1 Å². The minimum Gasteiger partial charge on any atom is -0.481 e. The molecule has 0 spiro atoms. The minimum absolute atomic E-state index is 0.212. The van der Waals surface area contributed by atoms with Crippen LogP contribution < -0.4 is 0 Å². The Hall–Kier alpha value is -1.16. The maximum absolute atomic E-state index is 11.7. The zero-order valence-corrected chi connectivity index (χ0v) is 10.3. The topological polar surface area (TPSA) is 54.4 Å². The lowest BCUT2D eigenvalue weighted by Crippen LogP contribution is -2.18. The molecule has 0 aliphatic heterocycles. The van der Waals surface area contributed by atoms with E-state index >= 15 is 0 Å². The highest BCUT2D eigenvalue weighted by molar-refractivity contribution is 7.84. The first-order valence-corrected chi connectivity index (χ1v) is 6.61. The molecule has 1 aromatic rings. The average Bonchev–Trinajstić information content (AvgIpc) is 2.21. The van der Waals surface area contributed by atoms with E-state index in [0.29, 0.717) is 5.75 Å². The van der Waals surface area contributed by atoms with Crippen LogP contribution in [0.2, 0.25) is 0 Å². The van der Waals surface area contributed by atoms with Crippen LogP contribution >= 0.6 is 0 Å². The molecule has 0 fully saturated rings. The van der Waals surface area contributed by atoms with Crippen molar-refractivity contribution in [1.82, 2.24) is 0 Å². The quantitative estimate of drug-likeness (QED) is 0.856. The molecule has 0 heterocycles. The minimum atomic E-state index is -1.11. The average molecular weight is 240 g/mol. The van der Waals surface area contributed by atoms with Gasteiger partial charge >= 0.3 is 5.97 Å². The van der Waals surface area contributed by atoms with Gasteiger partial charge in [-0.2, -0.15) is 0 Å². The van der Waals surface area contributed by atoms with E-state index in [2.05, 4.69) is 0 Å². The molecule has 0 aromatic heterocycles. The van der Waals surface area contributed by atoms with Crippen molar-refractivity contribution in [2.24, 2.45) is 5.92 Å². The molecular weight excluding hydrogens is 224 g/mol. The first-order valence-electron chi connectivity index (χ1n) is 5.12. The molecule has 88 valence electrons. The molecule has 2 atom stereocenters. The zero-order chi connectivity index (χ0) is 12.1. The van der Waals surface area contributed by atoms with E-state index in [9.17, 15) is 9.00 Å². The van der Waals surface area contributed by atoms with E-state index in [0.717, 1.165) is 11.1 Å². The van der Waals surface area contributed by atoms with Crippen molar-refractivity contribution in [3.05, 3.63) is 35.4 Å². The largest absolute Gasteiger partial charge is 0.481 e. The fourth-order valence-corrected chi connectivity index (χ4v) is 2.66. The number of benzene rings is 1. The Morgan fingerprint density at radius 3 is 2.44 bits per heavy atom. The predicted molar refractivity (Wildman–Crippen MR) is 64.7 cm³/mol. The van der Waals surface area contributed by atoms with E-state index in [-0.39, 0.29) is 5.75 Å². The Morgan fingerprint density at radius 1 is 1.38 bits per heavy atom. The van der Waals surface area contributed by atoms with Crippen LogP contribution in [0.1, 0.15) is 18.1 Å². The molecule has 0 saturated heterocycles.